The molecule has 1 aromatic heterocycles. The smallest absolute Gasteiger partial charge is 0.317 e. The zero-order valence-electron chi connectivity index (χ0n) is 13.8. The number of rotatable bonds is 3. The van der Waals surface area contributed by atoms with Crippen LogP contribution in [0.4, 0.5) is 0 Å². The van der Waals surface area contributed by atoms with Gasteiger partial charge in [0.05, 0.1) is 12.1 Å². The monoisotopic (exact) mass is 389 g/mol. The summed E-state index contributed by atoms with van der Waals surface area (Å²) in [4.78, 5) is 23.2. The number of hydrogen-bond donors (Lipinski definition) is 0. The van der Waals surface area contributed by atoms with Crippen molar-refractivity contribution in [3.8, 4) is 6.01 Å². The number of benzene rings is 1. The number of aromatic nitrogens is 2. The van der Waals surface area contributed by atoms with E-state index in [1.165, 1.54) is 0 Å². The Morgan fingerprint density at radius 2 is 1.96 bits per heavy atom. The normalized spacial score (nSPS) is 17.6. The third kappa shape index (κ3) is 3.93. The van der Waals surface area contributed by atoms with Crippen molar-refractivity contribution in [2.45, 2.75) is 32.8 Å². The molecule has 1 atom stereocenters. The zero-order chi connectivity index (χ0) is 17.1. The third-order valence-corrected chi connectivity index (χ3v) is 4.69. The Labute approximate surface area is 150 Å². The highest BCUT2D eigenvalue weighted by molar-refractivity contribution is 9.10. The van der Waals surface area contributed by atoms with Gasteiger partial charge in [-0.05, 0) is 60.8 Å². The van der Waals surface area contributed by atoms with E-state index in [4.69, 9.17) is 4.74 Å². The maximum absolute atomic E-state index is 12.7. The van der Waals surface area contributed by atoms with Gasteiger partial charge in [0, 0.05) is 22.4 Å². The molecule has 1 aliphatic heterocycles. The van der Waals surface area contributed by atoms with Gasteiger partial charge in [-0.2, -0.15) is 0 Å². The van der Waals surface area contributed by atoms with Gasteiger partial charge in [0.2, 0.25) is 0 Å². The summed E-state index contributed by atoms with van der Waals surface area (Å²) in [5, 5.41) is 0. The summed E-state index contributed by atoms with van der Waals surface area (Å²) in [6, 6.07) is 9.81. The minimum atomic E-state index is -0.0774. The average molecular weight is 390 g/mol. The molecule has 2 heterocycles. The van der Waals surface area contributed by atoms with Gasteiger partial charge in [-0.25, -0.2) is 9.97 Å². The fourth-order valence-electron chi connectivity index (χ4n) is 2.92. The van der Waals surface area contributed by atoms with Crippen molar-refractivity contribution in [2.24, 2.45) is 0 Å². The topological polar surface area (TPSA) is 55.3 Å². The molecule has 1 aliphatic rings. The quantitative estimate of drug-likeness (QED) is 0.805. The van der Waals surface area contributed by atoms with E-state index in [1.807, 2.05) is 49.1 Å². The molecule has 24 heavy (non-hydrogen) atoms. The Morgan fingerprint density at radius 3 is 2.67 bits per heavy atom. The van der Waals surface area contributed by atoms with Crippen LogP contribution in [-0.4, -0.2) is 40.0 Å². The number of nitrogens with zero attached hydrogens (tertiary/aromatic N) is 3. The first-order valence-electron chi connectivity index (χ1n) is 8.05. The summed E-state index contributed by atoms with van der Waals surface area (Å²) in [5.41, 5.74) is 2.45. The molecule has 5 nitrogen and oxygen atoms in total. The summed E-state index contributed by atoms with van der Waals surface area (Å²) >= 11 is 3.45. The van der Waals surface area contributed by atoms with E-state index in [2.05, 4.69) is 25.9 Å². The van der Waals surface area contributed by atoms with Crippen molar-refractivity contribution < 1.29 is 9.53 Å². The lowest BCUT2D eigenvalue weighted by Gasteiger charge is -2.32. The molecule has 0 N–H and O–H groups in total. The van der Waals surface area contributed by atoms with Crippen molar-refractivity contribution in [3.05, 3.63) is 51.8 Å². The molecule has 0 bridgehead atoms. The SMILES string of the molecule is Cc1cc(C)nc(O[C@H]2CCCN(C(=O)c3ccccc3Br)C2)n1. The standard InChI is InChI=1S/C18H20BrN3O2/c1-12-10-13(2)21-18(20-12)24-14-6-5-9-22(11-14)17(23)15-7-3-4-8-16(15)19/h3-4,7-8,10,14H,5-6,9,11H2,1-2H3/t14-/m0/s1. The summed E-state index contributed by atoms with van der Waals surface area (Å²) in [5.74, 6) is 0.0251. The number of amides is 1. The second kappa shape index (κ2) is 7.30. The summed E-state index contributed by atoms with van der Waals surface area (Å²) < 4.78 is 6.75. The number of aryl methyl sites for hydroxylation is 2. The molecule has 1 fully saturated rings. The molecule has 1 aromatic carbocycles. The Morgan fingerprint density at radius 1 is 1.25 bits per heavy atom. The maximum Gasteiger partial charge on any atom is 0.317 e. The molecular weight excluding hydrogens is 370 g/mol. The van der Waals surface area contributed by atoms with Crippen molar-refractivity contribution in [1.82, 2.24) is 14.9 Å². The van der Waals surface area contributed by atoms with Crippen LogP contribution < -0.4 is 4.74 Å². The van der Waals surface area contributed by atoms with Crippen molar-refractivity contribution >= 4 is 21.8 Å². The van der Waals surface area contributed by atoms with Gasteiger partial charge >= 0.3 is 6.01 Å². The van der Waals surface area contributed by atoms with Gasteiger partial charge in [0.15, 0.2) is 0 Å². The van der Waals surface area contributed by atoms with E-state index in [-0.39, 0.29) is 12.0 Å². The van der Waals surface area contributed by atoms with Crippen molar-refractivity contribution in [3.63, 3.8) is 0 Å². The molecule has 0 aliphatic carbocycles. The highest BCUT2D eigenvalue weighted by Gasteiger charge is 2.27. The molecule has 0 unspecified atom stereocenters. The van der Waals surface area contributed by atoms with Gasteiger partial charge in [0.1, 0.15) is 6.10 Å². The number of carbonyl (C=O) groups excluding carboxylic acids is 1. The van der Waals surface area contributed by atoms with Gasteiger partial charge in [0.25, 0.3) is 5.91 Å². The van der Waals surface area contributed by atoms with Gasteiger partial charge in [-0.1, -0.05) is 12.1 Å². The lowest BCUT2D eigenvalue weighted by Crippen LogP contribution is -2.44. The minimum absolute atomic E-state index is 0.0251. The Bertz CT molecular complexity index is 731. The Kier molecular flexibility index (Phi) is 5.14. The highest BCUT2D eigenvalue weighted by atomic mass is 79.9. The minimum Gasteiger partial charge on any atom is -0.458 e. The maximum atomic E-state index is 12.7. The van der Waals surface area contributed by atoms with E-state index in [9.17, 15) is 4.79 Å². The molecule has 0 spiro atoms. The molecule has 0 radical (unpaired) electrons. The van der Waals surface area contributed by atoms with Crippen LogP contribution in [0.15, 0.2) is 34.8 Å². The Hall–Kier alpha value is -1.95. The van der Waals surface area contributed by atoms with E-state index in [0.29, 0.717) is 18.1 Å². The van der Waals surface area contributed by atoms with E-state index in [0.717, 1.165) is 35.2 Å². The largest absolute Gasteiger partial charge is 0.458 e. The number of ether oxygens (including phenoxy) is 1. The van der Waals surface area contributed by atoms with Gasteiger partial charge < -0.3 is 9.64 Å². The lowest BCUT2D eigenvalue weighted by atomic mass is 10.1. The molecule has 126 valence electrons. The molecule has 0 saturated carbocycles. The van der Waals surface area contributed by atoms with E-state index in [1.54, 1.807) is 0 Å². The van der Waals surface area contributed by atoms with Crippen LogP contribution in [0.5, 0.6) is 6.01 Å². The zero-order valence-corrected chi connectivity index (χ0v) is 15.4. The average Bonchev–Trinajstić information content (AvgIpc) is 2.54. The fraction of sp³-hybridized carbons (Fsp3) is 0.389. The van der Waals surface area contributed by atoms with Crippen LogP contribution in [0.25, 0.3) is 0 Å². The second-order valence-electron chi connectivity index (χ2n) is 6.05. The van der Waals surface area contributed by atoms with E-state index >= 15 is 0 Å². The summed E-state index contributed by atoms with van der Waals surface area (Å²) in [6.45, 7) is 5.14. The van der Waals surface area contributed by atoms with Crippen LogP contribution in [0, 0.1) is 13.8 Å². The Balaban J connectivity index is 1.70. The van der Waals surface area contributed by atoms with Crippen molar-refractivity contribution in [1.29, 1.82) is 0 Å². The van der Waals surface area contributed by atoms with Crippen LogP contribution in [0.2, 0.25) is 0 Å². The molecular formula is C18H20BrN3O2. The number of halogens is 1. The molecule has 3 rings (SSSR count). The first-order valence-corrected chi connectivity index (χ1v) is 8.85. The predicted octanol–water partition coefficient (Wildman–Crippen LogP) is 3.54. The molecule has 1 saturated heterocycles. The number of carbonyl (C=O) groups is 1. The molecule has 2 aromatic rings. The summed E-state index contributed by atoms with van der Waals surface area (Å²) in [6.07, 6.45) is 1.73. The fourth-order valence-corrected chi connectivity index (χ4v) is 3.37. The van der Waals surface area contributed by atoms with Crippen LogP contribution in [0.3, 0.4) is 0 Å². The van der Waals surface area contributed by atoms with Gasteiger partial charge in [-0.3, -0.25) is 4.79 Å². The first kappa shape index (κ1) is 16.9. The van der Waals surface area contributed by atoms with Crippen LogP contribution in [0.1, 0.15) is 34.6 Å². The molecule has 1 amide bonds. The second-order valence-corrected chi connectivity index (χ2v) is 6.90. The van der Waals surface area contributed by atoms with Gasteiger partial charge in [-0.15, -0.1) is 0 Å². The van der Waals surface area contributed by atoms with Crippen molar-refractivity contribution in [2.75, 3.05) is 13.1 Å². The summed E-state index contributed by atoms with van der Waals surface area (Å²) in [7, 11) is 0. The first-order chi connectivity index (χ1) is 11.5. The van der Waals surface area contributed by atoms with E-state index < -0.39 is 0 Å². The van der Waals surface area contributed by atoms with Crippen LogP contribution in [-0.2, 0) is 0 Å². The number of likely N-dealkylation sites (tertiary alicyclic amines) is 1. The number of hydrogen-bond acceptors (Lipinski definition) is 4. The molecule has 6 heteroatoms. The number of piperidine rings is 1. The lowest BCUT2D eigenvalue weighted by molar-refractivity contribution is 0.0514. The van der Waals surface area contributed by atoms with Crippen LogP contribution >= 0.6 is 15.9 Å². The predicted molar refractivity (Wildman–Crippen MR) is 95.2 cm³/mol. The third-order valence-electron chi connectivity index (χ3n) is 4.00. The highest BCUT2D eigenvalue weighted by Crippen LogP contribution is 2.22.